The van der Waals surface area contributed by atoms with Crippen molar-refractivity contribution >= 4 is 17.6 Å². The molecule has 0 radical (unpaired) electrons. The third-order valence-corrected chi connectivity index (χ3v) is 2.22. The maximum atomic E-state index is 11.3. The van der Waals surface area contributed by atoms with Gasteiger partial charge in [0.1, 0.15) is 6.04 Å². The first-order valence-corrected chi connectivity index (χ1v) is 5.11. The van der Waals surface area contributed by atoms with Crippen LogP contribution in [0.5, 0.6) is 0 Å². The van der Waals surface area contributed by atoms with Gasteiger partial charge in [-0.2, -0.15) is 0 Å². The second-order valence-electron chi connectivity index (χ2n) is 3.46. The summed E-state index contributed by atoms with van der Waals surface area (Å²) < 4.78 is 9.20. The predicted octanol–water partition coefficient (Wildman–Crippen LogP) is 1.45. The second-order valence-corrected chi connectivity index (χ2v) is 3.46. The first kappa shape index (κ1) is 13.0. The molecule has 0 aliphatic carbocycles. The number of ether oxygens (including phenoxy) is 2. The van der Waals surface area contributed by atoms with E-state index >= 15 is 0 Å². The van der Waals surface area contributed by atoms with Crippen LogP contribution in [0.1, 0.15) is 17.3 Å². The quantitative estimate of drug-likeness (QED) is 0.803. The molecule has 5 heteroatoms. The van der Waals surface area contributed by atoms with E-state index in [9.17, 15) is 9.59 Å². The van der Waals surface area contributed by atoms with E-state index in [-0.39, 0.29) is 5.97 Å². The summed E-state index contributed by atoms with van der Waals surface area (Å²) in [6, 6.07) is 6.24. The first-order valence-electron chi connectivity index (χ1n) is 5.11. The standard InChI is InChI=1S/C12H15NO4/c1-8(11(14)16-2)13-10-6-4-5-9(7-10)12(15)17-3/h4-8,13H,1-3H3. The minimum atomic E-state index is -0.479. The number of nitrogens with one attached hydrogen (secondary N) is 1. The summed E-state index contributed by atoms with van der Waals surface area (Å²) in [6.07, 6.45) is 0. The van der Waals surface area contributed by atoms with Gasteiger partial charge in [-0.1, -0.05) is 6.07 Å². The van der Waals surface area contributed by atoms with Crippen LogP contribution in [0, 0.1) is 0 Å². The maximum Gasteiger partial charge on any atom is 0.337 e. The molecule has 1 N–H and O–H groups in total. The molecule has 1 aromatic rings. The van der Waals surface area contributed by atoms with E-state index in [2.05, 4.69) is 14.8 Å². The molecule has 0 amide bonds. The van der Waals surface area contributed by atoms with Crippen LogP contribution in [0.2, 0.25) is 0 Å². The minimum absolute atomic E-state index is 0.367. The zero-order valence-electron chi connectivity index (χ0n) is 10.0. The zero-order valence-corrected chi connectivity index (χ0v) is 10.0. The Labute approximate surface area is 99.7 Å². The fourth-order valence-corrected chi connectivity index (χ4v) is 1.34. The van der Waals surface area contributed by atoms with Gasteiger partial charge in [-0.05, 0) is 25.1 Å². The number of rotatable bonds is 4. The first-order chi connectivity index (χ1) is 8.08. The Morgan fingerprint density at radius 2 is 1.94 bits per heavy atom. The lowest BCUT2D eigenvalue weighted by Crippen LogP contribution is -2.27. The number of benzene rings is 1. The highest BCUT2D eigenvalue weighted by Gasteiger charge is 2.13. The summed E-state index contributed by atoms with van der Waals surface area (Å²) in [7, 11) is 2.64. The van der Waals surface area contributed by atoms with Crippen LogP contribution in [0.3, 0.4) is 0 Å². The summed E-state index contributed by atoms with van der Waals surface area (Å²) in [5.41, 5.74) is 1.08. The van der Waals surface area contributed by atoms with Gasteiger partial charge in [-0.25, -0.2) is 9.59 Å². The average Bonchev–Trinajstić information content (AvgIpc) is 2.37. The lowest BCUT2D eigenvalue weighted by molar-refractivity contribution is -0.141. The molecule has 0 aliphatic rings. The second kappa shape index (κ2) is 5.89. The molecule has 0 saturated carbocycles. The molecule has 0 fully saturated rings. The van der Waals surface area contributed by atoms with E-state index in [4.69, 9.17) is 0 Å². The molecule has 92 valence electrons. The van der Waals surface area contributed by atoms with Gasteiger partial charge in [0.2, 0.25) is 0 Å². The molecular formula is C12H15NO4. The molecule has 17 heavy (non-hydrogen) atoms. The van der Waals surface area contributed by atoms with Crippen LogP contribution < -0.4 is 5.32 Å². The van der Waals surface area contributed by atoms with Gasteiger partial charge in [-0.3, -0.25) is 0 Å². The highest BCUT2D eigenvalue weighted by molar-refractivity contribution is 5.90. The largest absolute Gasteiger partial charge is 0.467 e. The summed E-state index contributed by atoms with van der Waals surface area (Å²) in [4.78, 5) is 22.5. The topological polar surface area (TPSA) is 64.6 Å². The smallest absolute Gasteiger partial charge is 0.337 e. The van der Waals surface area contributed by atoms with Crippen molar-refractivity contribution in [1.82, 2.24) is 0 Å². The van der Waals surface area contributed by atoms with Crippen LogP contribution in [-0.2, 0) is 14.3 Å². The summed E-state index contributed by atoms with van der Waals surface area (Å²) in [5.74, 6) is -0.784. The van der Waals surface area contributed by atoms with Gasteiger partial charge in [0, 0.05) is 5.69 Å². The van der Waals surface area contributed by atoms with E-state index in [1.807, 2.05) is 0 Å². The lowest BCUT2D eigenvalue weighted by atomic mass is 10.2. The molecule has 0 aromatic heterocycles. The predicted molar refractivity (Wildman–Crippen MR) is 62.9 cm³/mol. The van der Waals surface area contributed by atoms with E-state index in [1.165, 1.54) is 14.2 Å². The highest BCUT2D eigenvalue weighted by Crippen LogP contribution is 2.12. The average molecular weight is 237 g/mol. The number of carbonyl (C=O) groups is 2. The number of esters is 2. The molecule has 0 heterocycles. The van der Waals surface area contributed by atoms with Crippen LogP contribution in [0.25, 0.3) is 0 Å². The van der Waals surface area contributed by atoms with Crippen LogP contribution in [0.15, 0.2) is 24.3 Å². The number of carbonyl (C=O) groups excluding carboxylic acids is 2. The van der Waals surface area contributed by atoms with Crippen LogP contribution in [0.4, 0.5) is 5.69 Å². The normalized spacial score (nSPS) is 11.5. The van der Waals surface area contributed by atoms with Gasteiger partial charge in [-0.15, -0.1) is 0 Å². The molecule has 0 bridgehead atoms. The molecule has 1 atom stereocenters. The summed E-state index contributed by atoms with van der Waals surface area (Å²) in [6.45, 7) is 1.68. The maximum absolute atomic E-state index is 11.3. The van der Waals surface area contributed by atoms with Gasteiger partial charge >= 0.3 is 11.9 Å². The van der Waals surface area contributed by atoms with Gasteiger partial charge < -0.3 is 14.8 Å². The number of hydrogen-bond acceptors (Lipinski definition) is 5. The number of anilines is 1. The van der Waals surface area contributed by atoms with E-state index in [0.29, 0.717) is 11.3 Å². The fourth-order valence-electron chi connectivity index (χ4n) is 1.34. The number of hydrogen-bond donors (Lipinski definition) is 1. The molecule has 1 unspecified atom stereocenters. The van der Waals surface area contributed by atoms with E-state index < -0.39 is 12.0 Å². The molecule has 0 saturated heterocycles. The van der Waals surface area contributed by atoms with E-state index in [1.54, 1.807) is 31.2 Å². The monoisotopic (exact) mass is 237 g/mol. The summed E-state index contributed by atoms with van der Waals surface area (Å²) >= 11 is 0. The number of methoxy groups -OCH3 is 2. The molecule has 0 spiro atoms. The third kappa shape index (κ3) is 3.48. The SMILES string of the molecule is COC(=O)c1cccc(NC(C)C(=O)OC)c1. The molecule has 5 nitrogen and oxygen atoms in total. The third-order valence-electron chi connectivity index (χ3n) is 2.22. The fraction of sp³-hybridized carbons (Fsp3) is 0.333. The van der Waals surface area contributed by atoms with Crippen LogP contribution >= 0.6 is 0 Å². The lowest BCUT2D eigenvalue weighted by Gasteiger charge is -2.13. The van der Waals surface area contributed by atoms with Crippen molar-refractivity contribution in [1.29, 1.82) is 0 Å². The van der Waals surface area contributed by atoms with Crippen molar-refractivity contribution in [2.75, 3.05) is 19.5 Å². The van der Waals surface area contributed by atoms with Crippen molar-refractivity contribution < 1.29 is 19.1 Å². The highest BCUT2D eigenvalue weighted by atomic mass is 16.5. The van der Waals surface area contributed by atoms with Crippen molar-refractivity contribution in [2.24, 2.45) is 0 Å². The van der Waals surface area contributed by atoms with Crippen molar-refractivity contribution in [3.63, 3.8) is 0 Å². The van der Waals surface area contributed by atoms with Gasteiger partial charge in [0.05, 0.1) is 19.8 Å². The Morgan fingerprint density at radius 1 is 1.24 bits per heavy atom. The van der Waals surface area contributed by atoms with Gasteiger partial charge in [0.25, 0.3) is 0 Å². The van der Waals surface area contributed by atoms with Crippen molar-refractivity contribution in [2.45, 2.75) is 13.0 Å². The molecular weight excluding hydrogens is 222 g/mol. The Balaban J connectivity index is 2.79. The summed E-state index contributed by atoms with van der Waals surface area (Å²) in [5, 5.41) is 2.93. The Hall–Kier alpha value is -2.04. The van der Waals surface area contributed by atoms with E-state index in [0.717, 1.165) is 0 Å². The Morgan fingerprint density at radius 3 is 2.53 bits per heavy atom. The minimum Gasteiger partial charge on any atom is -0.467 e. The van der Waals surface area contributed by atoms with Crippen LogP contribution in [-0.4, -0.2) is 32.2 Å². The molecule has 0 aliphatic heterocycles. The molecule has 1 aromatic carbocycles. The zero-order chi connectivity index (χ0) is 12.8. The van der Waals surface area contributed by atoms with Crippen molar-refractivity contribution in [3.8, 4) is 0 Å². The van der Waals surface area contributed by atoms with Crippen molar-refractivity contribution in [3.05, 3.63) is 29.8 Å². The Kier molecular flexibility index (Phi) is 4.51. The van der Waals surface area contributed by atoms with Gasteiger partial charge in [0.15, 0.2) is 0 Å². The Bertz CT molecular complexity index is 417. The molecule has 1 rings (SSSR count).